The minimum Gasteiger partial charge on any atom is -0.484 e. The zero-order valence-corrected chi connectivity index (χ0v) is 16.5. The van der Waals surface area contributed by atoms with E-state index in [1.54, 1.807) is 0 Å². The third kappa shape index (κ3) is 4.64. The Hall–Kier alpha value is -2.33. The van der Waals surface area contributed by atoms with Crippen molar-refractivity contribution in [2.45, 2.75) is 26.2 Å². The average Bonchev–Trinajstić information content (AvgIpc) is 2.66. The predicted octanol–water partition coefficient (Wildman–Crippen LogP) is 6.13. The molecule has 3 rings (SSSR count). The van der Waals surface area contributed by atoms with Crippen molar-refractivity contribution in [2.75, 3.05) is 11.9 Å². The molecule has 26 heavy (non-hydrogen) atoms. The summed E-state index contributed by atoms with van der Waals surface area (Å²) in [6.07, 6.45) is 1.10. The summed E-state index contributed by atoms with van der Waals surface area (Å²) in [6.45, 7) is 4.35. The third-order valence-electron chi connectivity index (χ3n) is 4.52. The summed E-state index contributed by atoms with van der Waals surface area (Å²) in [5.41, 5.74) is 2.07. The number of carbonyl (C=O) groups excluding carboxylic acids is 1. The van der Waals surface area contributed by atoms with Crippen molar-refractivity contribution in [1.29, 1.82) is 0 Å². The van der Waals surface area contributed by atoms with Gasteiger partial charge in [0.15, 0.2) is 6.61 Å². The van der Waals surface area contributed by atoms with E-state index < -0.39 is 0 Å². The molecule has 0 aromatic heterocycles. The Morgan fingerprint density at radius 1 is 1.04 bits per heavy atom. The highest BCUT2D eigenvalue weighted by Gasteiger charge is 2.06. The summed E-state index contributed by atoms with van der Waals surface area (Å²) in [5, 5.41) is 5.07. The fourth-order valence-electron chi connectivity index (χ4n) is 2.76. The normalized spacial score (nSPS) is 12.0. The Morgan fingerprint density at radius 3 is 2.46 bits per heavy atom. The first-order valence-corrected chi connectivity index (χ1v) is 9.56. The molecule has 1 atom stereocenters. The maximum atomic E-state index is 12.1. The van der Waals surface area contributed by atoms with Crippen LogP contribution in [0.15, 0.2) is 65.1 Å². The van der Waals surface area contributed by atoms with Crippen LogP contribution in [0.3, 0.4) is 0 Å². The lowest BCUT2D eigenvalue weighted by molar-refractivity contribution is -0.118. The molecule has 1 amide bonds. The maximum absolute atomic E-state index is 12.1. The summed E-state index contributed by atoms with van der Waals surface area (Å²) in [5.74, 6) is 1.04. The Kier molecular flexibility index (Phi) is 5.94. The van der Waals surface area contributed by atoms with Gasteiger partial charge < -0.3 is 10.1 Å². The van der Waals surface area contributed by atoms with E-state index in [0.717, 1.165) is 27.4 Å². The van der Waals surface area contributed by atoms with Gasteiger partial charge in [-0.1, -0.05) is 54.0 Å². The van der Waals surface area contributed by atoms with E-state index in [-0.39, 0.29) is 12.5 Å². The van der Waals surface area contributed by atoms with Crippen LogP contribution in [0.2, 0.25) is 0 Å². The molecule has 0 bridgehead atoms. The van der Waals surface area contributed by atoms with Gasteiger partial charge >= 0.3 is 0 Å². The molecule has 0 unspecified atom stereocenters. The molecule has 0 saturated heterocycles. The van der Waals surface area contributed by atoms with Crippen LogP contribution in [-0.4, -0.2) is 12.5 Å². The van der Waals surface area contributed by atoms with Crippen LogP contribution in [0.25, 0.3) is 10.8 Å². The molecule has 3 aromatic carbocycles. The number of hydrogen-bond acceptors (Lipinski definition) is 2. The van der Waals surface area contributed by atoms with Crippen molar-refractivity contribution in [3.8, 4) is 5.75 Å². The first-order chi connectivity index (χ1) is 12.5. The summed E-state index contributed by atoms with van der Waals surface area (Å²) in [4.78, 5) is 12.1. The van der Waals surface area contributed by atoms with E-state index in [0.29, 0.717) is 11.7 Å². The fourth-order valence-corrected chi connectivity index (χ4v) is 3.14. The van der Waals surface area contributed by atoms with E-state index in [4.69, 9.17) is 4.74 Å². The van der Waals surface area contributed by atoms with Crippen molar-refractivity contribution in [1.82, 2.24) is 0 Å². The SMILES string of the molecule is CC[C@@H](C)c1ccc(NC(=O)COc2ccc3cc(Br)ccc3c2)cc1. The van der Waals surface area contributed by atoms with Crippen LogP contribution < -0.4 is 10.1 Å². The number of ether oxygens (including phenoxy) is 1. The molecule has 1 N–H and O–H groups in total. The first-order valence-electron chi connectivity index (χ1n) is 8.77. The van der Waals surface area contributed by atoms with Gasteiger partial charge in [0, 0.05) is 10.2 Å². The van der Waals surface area contributed by atoms with Crippen LogP contribution in [0.1, 0.15) is 31.7 Å². The van der Waals surface area contributed by atoms with Gasteiger partial charge in [0.05, 0.1) is 0 Å². The molecule has 0 aliphatic heterocycles. The molecule has 0 saturated carbocycles. The lowest BCUT2D eigenvalue weighted by Gasteiger charge is -2.11. The Bertz CT molecular complexity index is 906. The van der Waals surface area contributed by atoms with Gasteiger partial charge in [-0.25, -0.2) is 0 Å². The Balaban J connectivity index is 1.57. The van der Waals surface area contributed by atoms with Gasteiger partial charge in [0.25, 0.3) is 5.91 Å². The van der Waals surface area contributed by atoms with Crippen LogP contribution >= 0.6 is 15.9 Å². The zero-order valence-electron chi connectivity index (χ0n) is 15.0. The van der Waals surface area contributed by atoms with Gasteiger partial charge in [-0.05, 0) is 65.1 Å². The molecular formula is C22H22BrNO2. The molecule has 4 heteroatoms. The number of fused-ring (bicyclic) bond motifs is 1. The topological polar surface area (TPSA) is 38.3 Å². The molecule has 3 aromatic rings. The number of hydrogen-bond donors (Lipinski definition) is 1. The molecular weight excluding hydrogens is 390 g/mol. The van der Waals surface area contributed by atoms with Gasteiger partial charge in [-0.3, -0.25) is 4.79 Å². The molecule has 0 heterocycles. The fraction of sp³-hybridized carbons (Fsp3) is 0.227. The number of nitrogens with one attached hydrogen (secondary N) is 1. The quantitative estimate of drug-likeness (QED) is 0.529. The number of rotatable bonds is 6. The average molecular weight is 412 g/mol. The lowest BCUT2D eigenvalue weighted by Crippen LogP contribution is -2.20. The highest BCUT2D eigenvalue weighted by atomic mass is 79.9. The molecule has 0 spiro atoms. The largest absolute Gasteiger partial charge is 0.484 e. The van der Waals surface area contributed by atoms with Crippen LogP contribution in [0.4, 0.5) is 5.69 Å². The van der Waals surface area contributed by atoms with Crippen molar-refractivity contribution in [3.63, 3.8) is 0 Å². The van der Waals surface area contributed by atoms with Crippen molar-refractivity contribution in [2.24, 2.45) is 0 Å². The van der Waals surface area contributed by atoms with Crippen molar-refractivity contribution >= 4 is 38.3 Å². The second kappa shape index (κ2) is 8.37. The van der Waals surface area contributed by atoms with Gasteiger partial charge in [0.2, 0.25) is 0 Å². The second-order valence-electron chi connectivity index (χ2n) is 6.42. The smallest absolute Gasteiger partial charge is 0.262 e. The molecule has 0 aliphatic carbocycles. The molecule has 0 radical (unpaired) electrons. The number of amides is 1. The lowest BCUT2D eigenvalue weighted by atomic mass is 9.99. The summed E-state index contributed by atoms with van der Waals surface area (Å²) >= 11 is 3.46. The minimum atomic E-state index is -0.169. The van der Waals surface area contributed by atoms with E-state index in [2.05, 4.69) is 53.3 Å². The summed E-state index contributed by atoms with van der Waals surface area (Å²) in [6, 6.07) is 19.9. The van der Waals surface area contributed by atoms with E-state index >= 15 is 0 Å². The second-order valence-corrected chi connectivity index (χ2v) is 7.34. The van der Waals surface area contributed by atoms with Gasteiger partial charge in [-0.15, -0.1) is 0 Å². The zero-order chi connectivity index (χ0) is 18.5. The highest BCUT2D eigenvalue weighted by molar-refractivity contribution is 9.10. The van der Waals surface area contributed by atoms with Crippen LogP contribution in [0, 0.1) is 0 Å². The monoisotopic (exact) mass is 411 g/mol. The Labute approximate surface area is 162 Å². The highest BCUT2D eigenvalue weighted by Crippen LogP contribution is 2.24. The molecule has 0 fully saturated rings. The van der Waals surface area contributed by atoms with Crippen LogP contribution in [0.5, 0.6) is 5.75 Å². The van der Waals surface area contributed by atoms with E-state index in [1.807, 2.05) is 42.5 Å². The first kappa shape index (κ1) is 18.5. The number of benzene rings is 3. The van der Waals surface area contributed by atoms with Crippen molar-refractivity contribution in [3.05, 3.63) is 70.7 Å². The van der Waals surface area contributed by atoms with Crippen LogP contribution in [-0.2, 0) is 4.79 Å². The number of halogens is 1. The predicted molar refractivity (Wildman–Crippen MR) is 111 cm³/mol. The van der Waals surface area contributed by atoms with Crippen molar-refractivity contribution < 1.29 is 9.53 Å². The molecule has 3 nitrogen and oxygen atoms in total. The third-order valence-corrected chi connectivity index (χ3v) is 5.01. The number of anilines is 1. The maximum Gasteiger partial charge on any atom is 0.262 e. The van der Waals surface area contributed by atoms with E-state index in [1.165, 1.54) is 5.56 Å². The molecule has 134 valence electrons. The van der Waals surface area contributed by atoms with Gasteiger partial charge in [0.1, 0.15) is 5.75 Å². The standard InChI is InChI=1S/C22H22BrNO2/c1-3-15(2)16-5-9-20(10-6-16)24-22(25)14-26-21-11-7-17-12-19(23)8-4-18(17)13-21/h4-13,15H,3,14H2,1-2H3,(H,24,25)/t15-/m1/s1. The van der Waals surface area contributed by atoms with E-state index in [9.17, 15) is 4.79 Å². The minimum absolute atomic E-state index is 0.0187. The summed E-state index contributed by atoms with van der Waals surface area (Å²) in [7, 11) is 0. The number of carbonyl (C=O) groups is 1. The molecule has 0 aliphatic rings. The Morgan fingerprint density at radius 2 is 1.73 bits per heavy atom. The summed E-state index contributed by atoms with van der Waals surface area (Å²) < 4.78 is 6.67. The van der Waals surface area contributed by atoms with Gasteiger partial charge in [-0.2, -0.15) is 0 Å².